The Bertz CT molecular complexity index is 1760. The van der Waals surface area contributed by atoms with Crippen LogP contribution in [-0.4, -0.2) is 134 Å². The molecule has 0 bridgehead atoms. The molecule has 386 valence electrons. The molecule has 5 fully saturated rings. The molecule has 1 aliphatic carbocycles. The van der Waals surface area contributed by atoms with Gasteiger partial charge in [0.25, 0.3) is 0 Å². The maximum atomic E-state index is 12.9. The Hall–Kier alpha value is -3.22. The van der Waals surface area contributed by atoms with E-state index in [2.05, 4.69) is 0 Å². The van der Waals surface area contributed by atoms with Gasteiger partial charge in [0.05, 0.1) is 23.0 Å². The van der Waals surface area contributed by atoms with Crippen LogP contribution in [0, 0.1) is 11.8 Å². The largest absolute Gasteiger partial charge is 0.462 e. The molecule has 0 aromatic heterocycles. The smallest absolute Gasteiger partial charge is 0.338 e. The van der Waals surface area contributed by atoms with Gasteiger partial charge in [-0.15, -0.1) is 0 Å². The third-order valence-corrected chi connectivity index (χ3v) is 15.3. The molecule has 4 aliphatic heterocycles. The predicted molar refractivity (Wildman–Crippen MR) is 254 cm³/mol. The number of benzene rings is 1. The van der Waals surface area contributed by atoms with E-state index in [0.29, 0.717) is 88.2 Å². The fourth-order valence-electron chi connectivity index (χ4n) is 12.3. The van der Waals surface area contributed by atoms with Crippen molar-refractivity contribution in [3.63, 3.8) is 0 Å². The number of esters is 4. The summed E-state index contributed by atoms with van der Waals surface area (Å²) in [6.07, 6.45) is 5.78. The molecule has 6 rings (SSSR count). The monoisotopic (exact) mass is 959 g/mol. The predicted octanol–water partition coefficient (Wildman–Crippen LogP) is 9.52. The topological polar surface area (TPSA) is 199 Å². The molecule has 1 aromatic carbocycles. The van der Waals surface area contributed by atoms with E-state index in [9.17, 15) is 40.0 Å². The third-order valence-electron chi connectivity index (χ3n) is 15.3. The van der Waals surface area contributed by atoms with Crippen LogP contribution in [0.25, 0.3) is 0 Å². The van der Waals surface area contributed by atoms with Crippen molar-refractivity contribution in [1.82, 2.24) is 20.3 Å². The molecule has 4 N–H and O–H groups in total. The lowest BCUT2D eigenvalue weighted by atomic mass is 9.79. The van der Waals surface area contributed by atoms with Gasteiger partial charge < -0.3 is 39.8 Å². The number of hydrogen-bond acceptors (Lipinski definition) is 16. The number of carbonyl (C=O) groups excluding carboxylic acids is 4. The second-order valence-corrected chi connectivity index (χ2v) is 25.7. The van der Waals surface area contributed by atoms with Gasteiger partial charge in [-0.2, -0.15) is 20.3 Å². The highest BCUT2D eigenvalue weighted by atomic mass is 16.6. The molecule has 5 aliphatic rings. The molecule has 0 amide bonds. The summed E-state index contributed by atoms with van der Waals surface area (Å²) in [5, 5.41) is 47.3. The Morgan fingerprint density at radius 2 is 0.544 bits per heavy atom. The van der Waals surface area contributed by atoms with Gasteiger partial charge in [-0.1, -0.05) is 0 Å². The van der Waals surface area contributed by atoms with E-state index in [4.69, 9.17) is 18.9 Å². The number of rotatable bonds is 8. The molecular weight excluding hydrogens is 873 g/mol. The Morgan fingerprint density at radius 1 is 0.368 bits per heavy atom. The number of hydroxylamine groups is 8. The summed E-state index contributed by atoms with van der Waals surface area (Å²) in [4.78, 5) is 51.3. The number of nitrogens with zero attached hydrogens (tertiary/aromatic N) is 4. The molecule has 4 heterocycles. The second kappa shape index (κ2) is 19.8. The van der Waals surface area contributed by atoms with Gasteiger partial charge in [0, 0.05) is 95.7 Å². The molecule has 0 spiro atoms. The van der Waals surface area contributed by atoms with Crippen molar-refractivity contribution in [1.29, 1.82) is 0 Å². The first kappa shape index (κ1) is 55.7. The van der Waals surface area contributed by atoms with Crippen molar-refractivity contribution in [2.24, 2.45) is 11.8 Å². The van der Waals surface area contributed by atoms with Crippen LogP contribution in [0.1, 0.15) is 209 Å². The van der Waals surface area contributed by atoms with Gasteiger partial charge in [0.1, 0.15) is 24.4 Å². The molecule has 0 unspecified atom stereocenters. The fourth-order valence-corrected chi connectivity index (χ4v) is 12.3. The minimum Gasteiger partial charge on any atom is -0.462 e. The van der Waals surface area contributed by atoms with Crippen molar-refractivity contribution >= 4 is 23.9 Å². The first-order chi connectivity index (χ1) is 30.9. The highest BCUT2D eigenvalue weighted by Crippen LogP contribution is 2.43. The van der Waals surface area contributed by atoms with E-state index in [1.165, 1.54) is 20.3 Å². The van der Waals surface area contributed by atoms with E-state index in [1.54, 1.807) is 24.3 Å². The van der Waals surface area contributed by atoms with Crippen LogP contribution in [0.4, 0.5) is 0 Å². The Balaban J connectivity index is 0.000000254. The van der Waals surface area contributed by atoms with E-state index >= 15 is 0 Å². The van der Waals surface area contributed by atoms with Crippen LogP contribution in [0.5, 0.6) is 0 Å². The minimum atomic E-state index is -0.518. The molecule has 16 nitrogen and oxygen atoms in total. The molecule has 0 radical (unpaired) electrons. The van der Waals surface area contributed by atoms with Crippen LogP contribution in [0.3, 0.4) is 0 Å². The van der Waals surface area contributed by atoms with Crippen molar-refractivity contribution in [3.05, 3.63) is 35.4 Å². The lowest BCUT2D eigenvalue weighted by molar-refractivity contribution is -0.260. The molecular formula is C52H86N4O12. The van der Waals surface area contributed by atoms with Crippen LogP contribution in [-0.2, 0) is 28.5 Å². The summed E-state index contributed by atoms with van der Waals surface area (Å²) < 4.78 is 23.3. The van der Waals surface area contributed by atoms with Gasteiger partial charge in [0.15, 0.2) is 0 Å². The van der Waals surface area contributed by atoms with E-state index in [1.807, 2.05) is 111 Å². The lowest BCUT2D eigenvalue weighted by Crippen LogP contribution is -2.61. The van der Waals surface area contributed by atoms with Gasteiger partial charge in [-0.05, 0) is 161 Å². The Kier molecular flexibility index (Phi) is 16.2. The normalized spacial score (nSPS) is 28.6. The number of carbonyl (C=O) groups is 4. The van der Waals surface area contributed by atoms with Crippen molar-refractivity contribution in [2.75, 3.05) is 0 Å². The van der Waals surface area contributed by atoms with Gasteiger partial charge >= 0.3 is 23.9 Å². The van der Waals surface area contributed by atoms with E-state index in [0.717, 1.165) is 0 Å². The summed E-state index contributed by atoms with van der Waals surface area (Å²) in [7, 11) is 0. The second-order valence-electron chi connectivity index (χ2n) is 25.7. The maximum absolute atomic E-state index is 12.9. The standard InChI is InChI=1S/C26H46N2O6.C26H40N2O6/c2*1-23(2)13-19(14-24(3,4)27(23)31)33-21(29)17-9-11-18(12-10-17)22(30)34-20-15-25(5,6)28(32)26(7,8)16-20/h17-20,31-32H,9-16H2,1-8H3;9-12,19-20,31-32H,13-16H2,1-8H3. The van der Waals surface area contributed by atoms with Crippen molar-refractivity contribution in [2.45, 2.75) is 257 Å². The molecule has 1 aromatic rings. The summed E-state index contributed by atoms with van der Waals surface area (Å²) in [6.45, 7) is 31.0. The fraction of sp³-hybridized carbons (Fsp3) is 0.808. The van der Waals surface area contributed by atoms with Gasteiger partial charge in [0.2, 0.25) is 0 Å². The minimum absolute atomic E-state index is 0.186. The third kappa shape index (κ3) is 12.8. The average Bonchev–Trinajstić information content (AvgIpc) is 3.19. The first-order valence-electron chi connectivity index (χ1n) is 24.8. The van der Waals surface area contributed by atoms with Crippen LogP contribution in [0.2, 0.25) is 0 Å². The quantitative estimate of drug-likeness (QED) is 0.142. The molecule has 0 atom stereocenters. The number of ether oxygens (including phenoxy) is 4. The van der Waals surface area contributed by atoms with Crippen molar-refractivity contribution < 1.29 is 59.0 Å². The highest BCUT2D eigenvalue weighted by molar-refractivity contribution is 5.93. The van der Waals surface area contributed by atoms with Crippen LogP contribution >= 0.6 is 0 Å². The zero-order chi connectivity index (χ0) is 51.4. The van der Waals surface area contributed by atoms with Gasteiger partial charge in [-0.3, -0.25) is 9.59 Å². The van der Waals surface area contributed by atoms with E-state index in [-0.39, 0.29) is 48.2 Å². The lowest BCUT2D eigenvalue weighted by Gasteiger charge is -2.51. The van der Waals surface area contributed by atoms with Crippen LogP contribution in [0.15, 0.2) is 24.3 Å². The Morgan fingerprint density at radius 3 is 0.735 bits per heavy atom. The summed E-state index contributed by atoms with van der Waals surface area (Å²) >= 11 is 0. The molecule has 68 heavy (non-hydrogen) atoms. The number of piperidine rings is 4. The Labute approximate surface area is 405 Å². The van der Waals surface area contributed by atoms with Gasteiger partial charge in [-0.25, -0.2) is 9.59 Å². The summed E-state index contributed by atoms with van der Waals surface area (Å²) in [5.41, 5.74) is -3.24. The zero-order valence-electron chi connectivity index (χ0n) is 44.1. The maximum Gasteiger partial charge on any atom is 0.338 e. The number of hydrogen-bond donors (Lipinski definition) is 4. The molecule has 16 heteroatoms. The van der Waals surface area contributed by atoms with Crippen molar-refractivity contribution in [3.8, 4) is 0 Å². The summed E-state index contributed by atoms with van der Waals surface area (Å²) in [5.74, 6) is -1.68. The molecule has 4 saturated heterocycles. The van der Waals surface area contributed by atoms with Crippen LogP contribution < -0.4 is 0 Å². The van der Waals surface area contributed by atoms with E-state index < -0.39 is 56.3 Å². The summed E-state index contributed by atoms with van der Waals surface area (Å²) in [6, 6.07) is 6.28. The zero-order valence-corrected chi connectivity index (χ0v) is 44.1. The highest BCUT2D eigenvalue weighted by Gasteiger charge is 2.50. The SMILES string of the molecule is CC1(C)CC(OC(=O)C2CCC(C(=O)OC3CC(C)(C)N(O)C(C)(C)C3)CC2)CC(C)(C)N1O.CC1(C)CC(OC(=O)c2ccc(C(=O)OC3CC(C)(C)N(O)C(C)(C)C3)cc2)CC(C)(C)N1O. The first-order valence-corrected chi connectivity index (χ1v) is 24.8. The average molecular weight is 959 g/mol. The molecule has 1 saturated carbocycles.